The summed E-state index contributed by atoms with van der Waals surface area (Å²) in [4.78, 5) is 10.3. The molecule has 0 aliphatic carbocycles. The maximum Gasteiger partial charge on any atom is 0.303 e. The molecule has 144 valence electrons. The zero-order valence-corrected chi connectivity index (χ0v) is 15.3. The predicted octanol–water partition coefficient (Wildman–Crippen LogP) is 4.27. The van der Waals surface area contributed by atoms with E-state index in [0.717, 1.165) is 25.7 Å². The molecule has 25 heavy (non-hydrogen) atoms. The van der Waals surface area contributed by atoms with Crippen LogP contribution >= 0.6 is 0 Å². The van der Waals surface area contributed by atoms with Gasteiger partial charge in [-0.1, -0.05) is 50.5 Å². The molecule has 5 nitrogen and oxygen atoms in total. The van der Waals surface area contributed by atoms with Crippen LogP contribution in [-0.4, -0.2) is 38.6 Å². The minimum absolute atomic E-state index is 0.0941. The van der Waals surface area contributed by atoms with Gasteiger partial charge in [-0.15, -0.1) is 0 Å². The Morgan fingerprint density at radius 2 is 1.68 bits per heavy atom. The Labute approximate surface area is 151 Å². The second kappa shape index (κ2) is 15.9. The lowest BCUT2D eigenvalue weighted by molar-refractivity contribution is -0.137. The van der Waals surface area contributed by atoms with Crippen LogP contribution < -0.4 is 0 Å². The van der Waals surface area contributed by atoms with Crippen molar-refractivity contribution in [3.05, 3.63) is 36.1 Å². The number of carboxylic acid groups (broad SMARTS) is 1. The minimum atomic E-state index is -0.946. The van der Waals surface area contributed by atoms with Gasteiger partial charge in [-0.25, -0.2) is 0 Å². The van der Waals surface area contributed by atoms with Crippen molar-refractivity contribution >= 4 is 5.97 Å². The van der Waals surface area contributed by atoms with E-state index in [2.05, 4.69) is 6.92 Å². The zero-order valence-electron chi connectivity index (χ0n) is 15.3. The fourth-order valence-electron chi connectivity index (χ4n) is 2.25. The number of hydrogen-bond acceptors (Lipinski definition) is 4. The Balaban J connectivity index is 3.87. The second-order valence-corrected chi connectivity index (χ2v) is 6.23. The van der Waals surface area contributed by atoms with Crippen molar-refractivity contribution in [3.63, 3.8) is 0 Å². The summed E-state index contributed by atoms with van der Waals surface area (Å²) >= 11 is 0. The molecule has 0 saturated heterocycles. The van der Waals surface area contributed by atoms with Gasteiger partial charge in [-0.05, 0) is 44.6 Å². The number of aliphatic carboxylic acids is 1. The molecule has 0 bridgehead atoms. The summed E-state index contributed by atoms with van der Waals surface area (Å²) in [6.45, 7) is 2.11. The van der Waals surface area contributed by atoms with Gasteiger partial charge in [0.1, 0.15) is 11.9 Å². The fourth-order valence-corrected chi connectivity index (χ4v) is 2.25. The van der Waals surface area contributed by atoms with Crippen LogP contribution in [0.4, 0.5) is 0 Å². The van der Waals surface area contributed by atoms with Gasteiger partial charge in [-0.3, -0.25) is 4.79 Å². The quantitative estimate of drug-likeness (QED) is 0.200. The molecule has 0 aromatic heterocycles. The van der Waals surface area contributed by atoms with E-state index in [1.165, 1.54) is 6.08 Å². The van der Waals surface area contributed by atoms with E-state index in [0.29, 0.717) is 32.1 Å². The van der Waals surface area contributed by atoms with Crippen LogP contribution in [0.1, 0.15) is 71.1 Å². The Morgan fingerprint density at radius 1 is 0.960 bits per heavy atom. The second-order valence-electron chi connectivity index (χ2n) is 6.23. The first kappa shape index (κ1) is 23.4. The third kappa shape index (κ3) is 15.7. The number of aliphatic hydroxyl groups is 3. The summed E-state index contributed by atoms with van der Waals surface area (Å²) in [5, 5.41) is 37.9. The number of allylic oxidation sites excluding steroid dienone is 3. The van der Waals surface area contributed by atoms with Crippen LogP contribution in [0.15, 0.2) is 36.1 Å². The van der Waals surface area contributed by atoms with Gasteiger partial charge in [0.2, 0.25) is 0 Å². The third-order valence-corrected chi connectivity index (χ3v) is 3.81. The van der Waals surface area contributed by atoms with Gasteiger partial charge in [0.15, 0.2) is 0 Å². The van der Waals surface area contributed by atoms with E-state index in [9.17, 15) is 20.1 Å². The summed E-state index contributed by atoms with van der Waals surface area (Å²) in [7, 11) is 0. The highest BCUT2D eigenvalue weighted by molar-refractivity contribution is 5.66. The van der Waals surface area contributed by atoms with Gasteiger partial charge in [0.05, 0.1) is 6.10 Å². The van der Waals surface area contributed by atoms with Crippen LogP contribution in [0.3, 0.4) is 0 Å². The molecular formula is C20H34O5. The summed E-state index contributed by atoms with van der Waals surface area (Å²) in [5.74, 6) is -0.868. The van der Waals surface area contributed by atoms with E-state index in [1.807, 2.05) is 18.2 Å². The topological polar surface area (TPSA) is 98.0 Å². The first-order valence-electron chi connectivity index (χ1n) is 9.24. The van der Waals surface area contributed by atoms with Crippen molar-refractivity contribution < 1.29 is 25.2 Å². The SMILES string of the molecule is CCCCC[C@H](O)CC=C(O)C(O)CC=CCC=CCCCC(=O)O. The lowest BCUT2D eigenvalue weighted by Gasteiger charge is -2.10. The van der Waals surface area contributed by atoms with Crippen molar-refractivity contribution in [2.24, 2.45) is 0 Å². The Kier molecular flexibility index (Phi) is 14.9. The fraction of sp³-hybridized carbons (Fsp3) is 0.650. The van der Waals surface area contributed by atoms with Crippen molar-refractivity contribution in [2.45, 2.75) is 83.3 Å². The number of unbranched alkanes of at least 4 members (excludes halogenated alkanes) is 3. The molecule has 5 heteroatoms. The van der Waals surface area contributed by atoms with E-state index in [-0.39, 0.29) is 12.2 Å². The number of rotatable bonds is 15. The molecule has 0 aromatic rings. The van der Waals surface area contributed by atoms with Gasteiger partial charge in [0, 0.05) is 6.42 Å². The summed E-state index contributed by atoms with van der Waals surface area (Å²) in [6.07, 6.45) is 14.5. The largest absolute Gasteiger partial charge is 0.510 e. The number of aliphatic hydroxyl groups excluding tert-OH is 3. The average molecular weight is 354 g/mol. The summed E-state index contributed by atoms with van der Waals surface area (Å²) in [5.41, 5.74) is 0. The van der Waals surface area contributed by atoms with Crippen molar-refractivity contribution in [3.8, 4) is 0 Å². The molecule has 0 aromatic carbocycles. The number of carboxylic acids is 1. The van der Waals surface area contributed by atoms with Crippen molar-refractivity contribution in [1.29, 1.82) is 0 Å². The molecule has 0 amide bonds. The molecule has 0 spiro atoms. The van der Waals surface area contributed by atoms with E-state index >= 15 is 0 Å². The number of hydrogen-bond donors (Lipinski definition) is 4. The molecular weight excluding hydrogens is 320 g/mol. The molecule has 0 radical (unpaired) electrons. The number of carbonyl (C=O) groups is 1. The van der Waals surface area contributed by atoms with Crippen molar-refractivity contribution in [1.82, 2.24) is 0 Å². The molecule has 0 aliphatic rings. The molecule has 0 fully saturated rings. The summed E-state index contributed by atoms with van der Waals surface area (Å²) in [6, 6.07) is 0. The van der Waals surface area contributed by atoms with E-state index < -0.39 is 18.2 Å². The van der Waals surface area contributed by atoms with Gasteiger partial charge in [-0.2, -0.15) is 0 Å². The highest BCUT2D eigenvalue weighted by atomic mass is 16.4. The van der Waals surface area contributed by atoms with E-state index in [1.54, 1.807) is 6.08 Å². The third-order valence-electron chi connectivity index (χ3n) is 3.81. The lowest BCUT2D eigenvalue weighted by Crippen LogP contribution is -2.11. The highest BCUT2D eigenvalue weighted by Crippen LogP contribution is 2.11. The Morgan fingerprint density at radius 3 is 2.36 bits per heavy atom. The monoisotopic (exact) mass is 354 g/mol. The first-order chi connectivity index (χ1) is 12.0. The van der Waals surface area contributed by atoms with Crippen LogP contribution in [0.2, 0.25) is 0 Å². The maximum absolute atomic E-state index is 10.3. The van der Waals surface area contributed by atoms with Gasteiger partial charge >= 0.3 is 5.97 Å². The van der Waals surface area contributed by atoms with Crippen molar-refractivity contribution in [2.75, 3.05) is 0 Å². The predicted molar refractivity (Wildman–Crippen MR) is 100 cm³/mol. The highest BCUT2D eigenvalue weighted by Gasteiger charge is 2.08. The summed E-state index contributed by atoms with van der Waals surface area (Å²) < 4.78 is 0. The molecule has 0 saturated carbocycles. The van der Waals surface area contributed by atoms with Crippen LogP contribution in [0.5, 0.6) is 0 Å². The van der Waals surface area contributed by atoms with Crippen LogP contribution in [0.25, 0.3) is 0 Å². The molecule has 4 N–H and O–H groups in total. The standard InChI is InChI=1S/C20H34O5/c1-2-3-9-12-17(21)15-16-19(23)18(22)13-10-7-5-4-6-8-11-14-20(24)25/h4,6-7,10,16-18,21-23H,2-3,5,8-9,11-15H2,1H3,(H,24,25)/t17-,18?/m0/s1. The Bertz CT molecular complexity index is 426. The molecule has 0 aliphatic heterocycles. The minimum Gasteiger partial charge on any atom is -0.510 e. The van der Waals surface area contributed by atoms with Crippen LogP contribution in [-0.2, 0) is 4.79 Å². The van der Waals surface area contributed by atoms with Gasteiger partial charge < -0.3 is 20.4 Å². The van der Waals surface area contributed by atoms with Gasteiger partial charge in [0.25, 0.3) is 0 Å². The van der Waals surface area contributed by atoms with E-state index in [4.69, 9.17) is 5.11 Å². The average Bonchev–Trinajstić information content (AvgIpc) is 2.57. The normalized spacial score (nSPS) is 15.1. The zero-order chi connectivity index (χ0) is 18.9. The molecule has 2 atom stereocenters. The molecule has 1 unspecified atom stereocenters. The Hall–Kier alpha value is -1.59. The lowest BCUT2D eigenvalue weighted by atomic mass is 10.1. The first-order valence-corrected chi connectivity index (χ1v) is 9.24. The maximum atomic E-state index is 10.3. The van der Waals surface area contributed by atoms with Crippen LogP contribution in [0, 0.1) is 0 Å². The molecule has 0 heterocycles. The smallest absolute Gasteiger partial charge is 0.303 e. The molecule has 0 rings (SSSR count).